The number of oxime groups is 1. The van der Waals surface area contributed by atoms with Crippen LogP contribution in [0.15, 0.2) is 17.3 Å². The summed E-state index contributed by atoms with van der Waals surface area (Å²) in [6.45, 7) is 7.96. The topological polar surface area (TPSA) is 30.8 Å². The quantitative estimate of drug-likeness (QED) is 0.608. The fourth-order valence-electron chi connectivity index (χ4n) is 1.51. The zero-order valence-electron chi connectivity index (χ0n) is 11.3. The van der Waals surface area contributed by atoms with Crippen LogP contribution in [0.5, 0.6) is 5.75 Å². The molecule has 0 bridgehead atoms. The van der Waals surface area contributed by atoms with Gasteiger partial charge in [0.1, 0.15) is 12.9 Å². The number of rotatable bonds is 3. The summed E-state index contributed by atoms with van der Waals surface area (Å²) in [5.74, 6) is 0.728. The molecule has 0 fully saturated rings. The van der Waals surface area contributed by atoms with Crippen molar-refractivity contribution in [3.8, 4) is 5.75 Å². The lowest BCUT2D eigenvalue weighted by Gasteiger charge is -2.10. The summed E-state index contributed by atoms with van der Waals surface area (Å²) < 4.78 is 5.28. The number of benzene rings is 1. The van der Waals surface area contributed by atoms with Gasteiger partial charge in [-0.1, -0.05) is 36.7 Å². The van der Waals surface area contributed by atoms with Crippen LogP contribution in [-0.2, 0) is 4.84 Å². The molecule has 0 heterocycles. The van der Waals surface area contributed by atoms with Crippen molar-refractivity contribution in [2.45, 2.75) is 27.7 Å². The Balaban J connectivity index is 0.00000121. The van der Waals surface area contributed by atoms with Crippen molar-refractivity contribution in [3.63, 3.8) is 0 Å². The number of halogens is 1. The van der Waals surface area contributed by atoms with Crippen LogP contribution in [0.2, 0.25) is 0 Å². The monoisotopic (exact) mass is 257 g/mol. The molecule has 3 nitrogen and oxygen atoms in total. The van der Waals surface area contributed by atoms with E-state index in [4.69, 9.17) is 16.3 Å². The van der Waals surface area contributed by atoms with Crippen LogP contribution >= 0.6 is 11.6 Å². The van der Waals surface area contributed by atoms with Crippen LogP contribution in [0.3, 0.4) is 0 Å². The van der Waals surface area contributed by atoms with E-state index >= 15 is 0 Å². The second kappa shape index (κ2) is 7.96. The van der Waals surface area contributed by atoms with E-state index in [1.54, 1.807) is 7.11 Å². The fourth-order valence-corrected chi connectivity index (χ4v) is 1.72. The van der Waals surface area contributed by atoms with Gasteiger partial charge >= 0.3 is 0 Å². The van der Waals surface area contributed by atoms with E-state index in [0.29, 0.717) is 5.17 Å². The van der Waals surface area contributed by atoms with Crippen molar-refractivity contribution < 1.29 is 9.57 Å². The minimum atomic E-state index is 0.293. The van der Waals surface area contributed by atoms with Crippen LogP contribution in [0.1, 0.15) is 30.5 Å². The molecule has 96 valence electrons. The van der Waals surface area contributed by atoms with Gasteiger partial charge in [0.05, 0.1) is 12.7 Å². The van der Waals surface area contributed by atoms with E-state index in [-0.39, 0.29) is 0 Å². The van der Waals surface area contributed by atoms with Gasteiger partial charge in [0.15, 0.2) is 5.17 Å². The first kappa shape index (κ1) is 15.8. The molecule has 0 aliphatic rings. The van der Waals surface area contributed by atoms with Crippen molar-refractivity contribution >= 4 is 16.8 Å². The molecule has 0 saturated heterocycles. The van der Waals surface area contributed by atoms with Gasteiger partial charge in [-0.3, -0.25) is 0 Å². The van der Waals surface area contributed by atoms with E-state index in [1.165, 1.54) is 7.11 Å². The van der Waals surface area contributed by atoms with Gasteiger partial charge in [0.25, 0.3) is 0 Å². The summed E-state index contributed by atoms with van der Waals surface area (Å²) in [6.07, 6.45) is 0. The highest BCUT2D eigenvalue weighted by molar-refractivity contribution is 6.69. The maximum absolute atomic E-state index is 5.98. The number of hydrogen-bond donors (Lipinski definition) is 0. The SMILES string of the molecule is CC.CO/N=C(/Cl)c1cc(C)cc(C)c1OC. The lowest BCUT2D eigenvalue weighted by molar-refractivity contribution is 0.214. The van der Waals surface area contributed by atoms with Gasteiger partial charge in [0, 0.05) is 0 Å². The fraction of sp³-hybridized carbons (Fsp3) is 0.462. The first-order valence-electron chi connectivity index (χ1n) is 5.52. The van der Waals surface area contributed by atoms with Crippen LogP contribution in [0, 0.1) is 13.8 Å². The van der Waals surface area contributed by atoms with E-state index < -0.39 is 0 Å². The molecule has 0 aliphatic carbocycles. The van der Waals surface area contributed by atoms with Crippen molar-refractivity contribution in [3.05, 3.63) is 28.8 Å². The highest BCUT2D eigenvalue weighted by Crippen LogP contribution is 2.26. The molecular formula is C13H20ClNO2. The molecule has 1 rings (SSSR count). The lowest BCUT2D eigenvalue weighted by atomic mass is 10.1. The molecule has 0 aliphatic heterocycles. The Hall–Kier alpha value is -1.22. The van der Waals surface area contributed by atoms with Crippen molar-refractivity contribution in [1.82, 2.24) is 0 Å². The Morgan fingerprint density at radius 1 is 1.18 bits per heavy atom. The van der Waals surface area contributed by atoms with Crippen LogP contribution in [0.4, 0.5) is 0 Å². The van der Waals surface area contributed by atoms with Crippen molar-refractivity contribution in [2.24, 2.45) is 5.16 Å². The van der Waals surface area contributed by atoms with Gasteiger partial charge < -0.3 is 9.57 Å². The minimum Gasteiger partial charge on any atom is -0.496 e. The lowest BCUT2D eigenvalue weighted by Crippen LogP contribution is -2.00. The number of nitrogens with zero attached hydrogens (tertiary/aromatic N) is 1. The number of hydrogen-bond acceptors (Lipinski definition) is 3. The second-order valence-corrected chi connectivity index (χ2v) is 3.59. The van der Waals surface area contributed by atoms with Crippen molar-refractivity contribution in [1.29, 1.82) is 0 Å². The molecule has 1 aromatic carbocycles. The smallest absolute Gasteiger partial charge is 0.179 e. The predicted molar refractivity (Wildman–Crippen MR) is 73.2 cm³/mol. The molecule has 0 atom stereocenters. The van der Waals surface area contributed by atoms with E-state index in [9.17, 15) is 0 Å². The highest BCUT2D eigenvalue weighted by atomic mass is 35.5. The normalized spacial score (nSPS) is 10.4. The zero-order valence-corrected chi connectivity index (χ0v) is 12.1. The molecule has 0 aromatic heterocycles. The van der Waals surface area contributed by atoms with Gasteiger partial charge in [-0.15, -0.1) is 0 Å². The molecule has 17 heavy (non-hydrogen) atoms. The Bertz CT molecular complexity index is 389. The summed E-state index contributed by atoms with van der Waals surface area (Å²) in [7, 11) is 3.07. The highest BCUT2D eigenvalue weighted by Gasteiger charge is 2.12. The third-order valence-corrected chi connectivity index (χ3v) is 2.29. The molecule has 0 radical (unpaired) electrons. The van der Waals surface area contributed by atoms with Gasteiger partial charge in [-0.2, -0.15) is 0 Å². The standard InChI is InChI=1S/C11H14ClNO2.C2H6/c1-7-5-8(2)10(14-3)9(6-7)11(12)13-15-4;1-2/h5-6H,1-4H3;1-2H3/b13-11+;. The minimum absolute atomic E-state index is 0.293. The summed E-state index contributed by atoms with van der Waals surface area (Å²) >= 11 is 5.98. The van der Waals surface area contributed by atoms with Crippen LogP contribution in [-0.4, -0.2) is 19.4 Å². The van der Waals surface area contributed by atoms with E-state index in [1.807, 2.05) is 39.8 Å². The third-order valence-electron chi connectivity index (χ3n) is 2.02. The average molecular weight is 258 g/mol. The summed E-state index contributed by atoms with van der Waals surface area (Å²) in [5.41, 5.74) is 2.88. The third kappa shape index (κ3) is 4.27. The van der Waals surface area contributed by atoms with Crippen LogP contribution in [0.25, 0.3) is 0 Å². The molecule has 0 spiro atoms. The Morgan fingerprint density at radius 2 is 1.76 bits per heavy atom. The second-order valence-electron chi connectivity index (χ2n) is 3.23. The predicted octanol–water partition coefficient (Wildman–Crippen LogP) is 3.89. The van der Waals surface area contributed by atoms with Crippen LogP contribution < -0.4 is 4.74 Å². The molecular weight excluding hydrogens is 238 g/mol. The first-order chi connectivity index (χ1) is 8.10. The maximum atomic E-state index is 5.98. The maximum Gasteiger partial charge on any atom is 0.179 e. The van der Waals surface area contributed by atoms with Crippen molar-refractivity contribution in [2.75, 3.05) is 14.2 Å². The number of ether oxygens (including phenoxy) is 1. The molecule has 0 N–H and O–H groups in total. The molecule has 1 aromatic rings. The van der Waals surface area contributed by atoms with E-state index in [0.717, 1.165) is 22.4 Å². The van der Waals surface area contributed by atoms with E-state index in [2.05, 4.69) is 9.99 Å². The average Bonchev–Trinajstić information content (AvgIpc) is 2.31. The Kier molecular flexibility index (Phi) is 7.39. The zero-order chi connectivity index (χ0) is 13.4. The van der Waals surface area contributed by atoms with Gasteiger partial charge in [-0.05, 0) is 31.0 Å². The largest absolute Gasteiger partial charge is 0.496 e. The number of aryl methyl sites for hydroxylation is 2. The molecule has 0 amide bonds. The Labute approximate surface area is 108 Å². The Morgan fingerprint density at radius 3 is 2.24 bits per heavy atom. The summed E-state index contributed by atoms with van der Waals surface area (Å²) in [4.78, 5) is 4.64. The summed E-state index contributed by atoms with van der Waals surface area (Å²) in [6, 6.07) is 3.94. The molecule has 4 heteroatoms. The summed E-state index contributed by atoms with van der Waals surface area (Å²) in [5, 5.41) is 3.98. The molecule has 0 unspecified atom stereocenters. The van der Waals surface area contributed by atoms with Gasteiger partial charge in [0.2, 0.25) is 0 Å². The number of methoxy groups -OCH3 is 1. The first-order valence-corrected chi connectivity index (χ1v) is 5.90. The van der Waals surface area contributed by atoms with Gasteiger partial charge in [-0.25, -0.2) is 0 Å². The molecule has 0 saturated carbocycles.